The molecule has 23 heavy (non-hydrogen) atoms. The maximum Gasteiger partial charge on any atom is 0.233 e. The van der Waals surface area contributed by atoms with Crippen LogP contribution in [-0.4, -0.2) is 19.1 Å². The van der Waals surface area contributed by atoms with E-state index in [2.05, 4.69) is 0 Å². The van der Waals surface area contributed by atoms with Gasteiger partial charge >= 0.3 is 0 Å². The number of benzene rings is 1. The minimum atomic E-state index is -0.308. The zero-order valence-electron chi connectivity index (χ0n) is 13.3. The van der Waals surface area contributed by atoms with Crippen molar-refractivity contribution < 1.29 is 13.9 Å². The molecule has 4 heteroatoms. The summed E-state index contributed by atoms with van der Waals surface area (Å²) in [4.78, 5) is 15.3. The number of hydrogen-bond acceptors (Lipinski definition) is 2. The Bertz CT molecular complexity index is 636. The fourth-order valence-corrected chi connectivity index (χ4v) is 6.06. The lowest BCUT2D eigenvalue weighted by molar-refractivity contribution is -0.143. The van der Waals surface area contributed by atoms with Crippen LogP contribution >= 0.6 is 0 Å². The number of carbonyl (C=O) groups is 1. The summed E-state index contributed by atoms with van der Waals surface area (Å²) < 4.78 is 19.3. The fourth-order valence-electron chi connectivity index (χ4n) is 6.06. The van der Waals surface area contributed by atoms with Crippen LogP contribution in [0.2, 0.25) is 0 Å². The van der Waals surface area contributed by atoms with E-state index in [4.69, 9.17) is 4.74 Å². The summed E-state index contributed by atoms with van der Waals surface area (Å²) in [5, 5.41) is 0. The molecule has 1 amide bonds. The highest BCUT2D eigenvalue weighted by atomic mass is 19.1. The Morgan fingerprint density at radius 3 is 2.43 bits per heavy atom. The third kappa shape index (κ3) is 2.03. The van der Waals surface area contributed by atoms with Crippen molar-refractivity contribution in [2.24, 2.45) is 23.2 Å². The molecule has 4 aliphatic carbocycles. The molecule has 1 aromatic rings. The number of nitrogens with zero attached hydrogens (tertiary/aromatic N) is 1. The van der Waals surface area contributed by atoms with E-state index in [1.165, 1.54) is 31.4 Å². The monoisotopic (exact) mass is 315 g/mol. The van der Waals surface area contributed by atoms with Crippen LogP contribution in [0.1, 0.15) is 38.5 Å². The van der Waals surface area contributed by atoms with Crippen molar-refractivity contribution in [3.05, 3.63) is 24.0 Å². The average Bonchev–Trinajstić information content (AvgIpc) is 2.52. The summed E-state index contributed by atoms with van der Waals surface area (Å²) in [5.74, 6) is 2.76. The van der Waals surface area contributed by atoms with E-state index in [1.807, 2.05) is 4.90 Å². The van der Waals surface area contributed by atoms with E-state index in [9.17, 15) is 9.18 Å². The van der Waals surface area contributed by atoms with E-state index in [1.54, 1.807) is 6.07 Å². The molecule has 4 fully saturated rings. The summed E-state index contributed by atoms with van der Waals surface area (Å²) in [7, 11) is 0. The van der Waals surface area contributed by atoms with Crippen LogP contribution < -0.4 is 9.64 Å². The van der Waals surface area contributed by atoms with Gasteiger partial charge in [0, 0.05) is 6.07 Å². The van der Waals surface area contributed by atoms with Crippen LogP contribution in [0.15, 0.2) is 18.2 Å². The molecule has 3 nitrogen and oxygen atoms in total. The molecule has 0 spiro atoms. The molecule has 4 bridgehead atoms. The smallest absolute Gasteiger partial charge is 0.233 e. The Morgan fingerprint density at radius 1 is 1.13 bits per heavy atom. The highest BCUT2D eigenvalue weighted by molar-refractivity contribution is 5.99. The van der Waals surface area contributed by atoms with Crippen LogP contribution in [0.5, 0.6) is 5.75 Å². The topological polar surface area (TPSA) is 29.5 Å². The predicted octanol–water partition coefficient (Wildman–Crippen LogP) is 3.77. The van der Waals surface area contributed by atoms with Gasteiger partial charge in [-0.3, -0.25) is 4.79 Å². The van der Waals surface area contributed by atoms with Crippen molar-refractivity contribution in [1.82, 2.24) is 0 Å². The predicted molar refractivity (Wildman–Crippen MR) is 84.9 cm³/mol. The molecule has 0 atom stereocenters. The summed E-state index contributed by atoms with van der Waals surface area (Å²) in [6, 6.07) is 4.49. The van der Waals surface area contributed by atoms with Crippen molar-refractivity contribution in [2.45, 2.75) is 38.5 Å². The lowest BCUT2D eigenvalue weighted by atomic mass is 9.49. The lowest BCUT2D eigenvalue weighted by Gasteiger charge is -2.56. The quantitative estimate of drug-likeness (QED) is 0.789. The van der Waals surface area contributed by atoms with Crippen molar-refractivity contribution in [1.29, 1.82) is 0 Å². The molecule has 1 aliphatic heterocycles. The number of ether oxygens (including phenoxy) is 1. The van der Waals surface area contributed by atoms with Gasteiger partial charge in [0.15, 0.2) is 0 Å². The number of amides is 1. The van der Waals surface area contributed by atoms with Gasteiger partial charge in [0.1, 0.15) is 18.2 Å². The minimum absolute atomic E-state index is 0.185. The Kier molecular flexibility index (Phi) is 2.83. The van der Waals surface area contributed by atoms with Gasteiger partial charge < -0.3 is 9.64 Å². The molecule has 122 valence electrons. The second-order valence-electron chi connectivity index (χ2n) is 8.12. The highest BCUT2D eigenvalue weighted by Crippen LogP contribution is 2.61. The summed E-state index contributed by atoms with van der Waals surface area (Å²) >= 11 is 0. The summed E-state index contributed by atoms with van der Waals surface area (Å²) in [6.45, 7) is 1.04. The van der Waals surface area contributed by atoms with Gasteiger partial charge in [0.2, 0.25) is 5.91 Å². The van der Waals surface area contributed by atoms with Crippen molar-refractivity contribution >= 4 is 11.6 Å². The van der Waals surface area contributed by atoms with Crippen LogP contribution in [0.4, 0.5) is 10.1 Å². The average molecular weight is 315 g/mol. The van der Waals surface area contributed by atoms with Gasteiger partial charge in [0.25, 0.3) is 0 Å². The Hall–Kier alpha value is -1.58. The first-order valence-electron chi connectivity index (χ1n) is 8.87. The molecule has 5 aliphatic rings. The van der Waals surface area contributed by atoms with Gasteiger partial charge in [-0.25, -0.2) is 4.39 Å². The number of hydrogen-bond donors (Lipinski definition) is 0. The SMILES string of the molecule is O=C(N1CCOc2ccc(F)cc21)C12CC3CC(CC(C3)C1)C2. The Labute approximate surface area is 135 Å². The number of rotatable bonds is 1. The largest absolute Gasteiger partial charge is 0.490 e. The standard InChI is InChI=1S/C19H22FNO2/c20-15-1-2-17-16(8-15)21(3-4-23-17)18(22)19-9-12-5-13(10-19)7-14(6-12)11-19/h1-2,8,12-14H,3-7,9-11H2. The third-order valence-electron chi connectivity index (χ3n) is 6.52. The first kappa shape index (κ1) is 13.8. The van der Waals surface area contributed by atoms with Crippen molar-refractivity contribution in [2.75, 3.05) is 18.1 Å². The fraction of sp³-hybridized carbons (Fsp3) is 0.632. The maximum atomic E-state index is 13.7. The number of fused-ring (bicyclic) bond motifs is 1. The molecular weight excluding hydrogens is 293 g/mol. The minimum Gasteiger partial charge on any atom is -0.490 e. The second kappa shape index (κ2) is 4.71. The van der Waals surface area contributed by atoms with E-state index >= 15 is 0 Å². The van der Waals surface area contributed by atoms with Gasteiger partial charge in [-0.2, -0.15) is 0 Å². The van der Waals surface area contributed by atoms with E-state index in [0.29, 0.717) is 24.6 Å². The molecule has 0 N–H and O–H groups in total. The first-order chi connectivity index (χ1) is 11.1. The van der Waals surface area contributed by atoms with E-state index in [0.717, 1.165) is 37.0 Å². The Balaban J connectivity index is 1.51. The molecule has 0 unspecified atom stereocenters. The van der Waals surface area contributed by atoms with Gasteiger partial charge in [-0.05, 0) is 68.4 Å². The number of carbonyl (C=O) groups excluding carboxylic acids is 1. The maximum absolute atomic E-state index is 13.7. The van der Waals surface area contributed by atoms with Gasteiger partial charge in [-0.1, -0.05) is 0 Å². The van der Waals surface area contributed by atoms with Crippen LogP contribution in [0, 0.1) is 29.0 Å². The molecule has 0 radical (unpaired) electrons. The highest BCUT2D eigenvalue weighted by Gasteiger charge is 2.56. The lowest BCUT2D eigenvalue weighted by Crippen LogP contribution is -2.55. The molecule has 0 aromatic heterocycles. The Morgan fingerprint density at radius 2 is 1.78 bits per heavy atom. The van der Waals surface area contributed by atoms with Crippen LogP contribution in [0.3, 0.4) is 0 Å². The normalized spacial score (nSPS) is 37.4. The zero-order valence-corrected chi connectivity index (χ0v) is 13.3. The molecule has 6 rings (SSSR count). The van der Waals surface area contributed by atoms with Crippen LogP contribution in [-0.2, 0) is 4.79 Å². The zero-order chi connectivity index (χ0) is 15.6. The number of halogens is 1. The van der Waals surface area contributed by atoms with Crippen molar-refractivity contribution in [3.8, 4) is 5.75 Å². The summed E-state index contributed by atoms with van der Waals surface area (Å²) in [5.41, 5.74) is 0.437. The van der Waals surface area contributed by atoms with E-state index < -0.39 is 0 Å². The number of anilines is 1. The second-order valence-corrected chi connectivity index (χ2v) is 8.12. The third-order valence-corrected chi connectivity index (χ3v) is 6.52. The molecule has 4 saturated carbocycles. The van der Waals surface area contributed by atoms with Gasteiger partial charge in [0.05, 0.1) is 17.6 Å². The molecule has 0 saturated heterocycles. The van der Waals surface area contributed by atoms with Crippen molar-refractivity contribution in [3.63, 3.8) is 0 Å². The van der Waals surface area contributed by atoms with Crippen LogP contribution in [0.25, 0.3) is 0 Å². The van der Waals surface area contributed by atoms with Gasteiger partial charge in [-0.15, -0.1) is 0 Å². The summed E-state index contributed by atoms with van der Waals surface area (Å²) in [6.07, 6.45) is 7.09. The molecule has 1 heterocycles. The molecular formula is C19H22FNO2. The first-order valence-corrected chi connectivity index (χ1v) is 8.87. The molecule has 1 aromatic carbocycles. The van der Waals surface area contributed by atoms with E-state index in [-0.39, 0.29) is 17.1 Å².